The lowest BCUT2D eigenvalue weighted by Crippen LogP contribution is -2.33. The second-order valence-electron chi connectivity index (χ2n) is 5.22. The van der Waals surface area contributed by atoms with Gasteiger partial charge in [0.25, 0.3) is 5.56 Å². The van der Waals surface area contributed by atoms with Gasteiger partial charge in [0.05, 0.1) is 0 Å². The third-order valence-corrected chi connectivity index (χ3v) is 3.36. The van der Waals surface area contributed by atoms with Crippen molar-refractivity contribution in [2.45, 2.75) is 38.3 Å². The SMILES string of the molecule is CC(NC(=O)Cn1ccccc1=O)c1nc(C2CC2)no1. The van der Waals surface area contributed by atoms with Gasteiger partial charge in [0.2, 0.25) is 11.8 Å². The van der Waals surface area contributed by atoms with Gasteiger partial charge in [-0.25, -0.2) is 0 Å². The molecule has 1 aliphatic rings. The molecule has 1 amide bonds. The summed E-state index contributed by atoms with van der Waals surface area (Å²) in [6.07, 6.45) is 3.76. The highest BCUT2D eigenvalue weighted by molar-refractivity contribution is 5.76. The van der Waals surface area contributed by atoms with Crippen molar-refractivity contribution in [3.8, 4) is 0 Å². The van der Waals surface area contributed by atoms with Gasteiger partial charge < -0.3 is 14.4 Å². The smallest absolute Gasteiger partial charge is 0.250 e. The Morgan fingerprint density at radius 2 is 2.33 bits per heavy atom. The van der Waals surface area contributed by atoms with E-state index in [1.165, 1.54) is 10.6 Å². The maximum absolute atomic E-state index is 11.9. The number of carbonyl (C=O) groups is 1. The van der Waals surface area contributed by atoms with Gasteiger partial charge >= 0.3 is 0 Å². The molecule has 1 fully saturated rings. The summed E-state index contributed by atoms with van der Waals surface area (Å²) in [6, 6.07) is 4.38. The normalized spacial score (nSPS) is 15.7. The first-order valence-electron chi connectivity index (χ1n) is 6.92. The fraction of sp³-hybridized carbons (Fsp3) is 0.429. The average molecular weight is 288 g/mol. The van der Waals surface area contributed by atoms with Crippen LogP contribution < -0.4 is 10.9 Å². The number of hydrogen-bond acceptors (Lipinski definition) is 5. The van der Waals surface area contributed by atoms with Crippen LogP contribution in [0.3, 0.4) is 0 Å². The Hall–Kier alpha value is -2.44. The van der Waals surface area contributed by atoms with Crippen LogP contribution in [0, 0.1) is 0 Å². The minimum atomic E-state index is -0.378. The Kier molecular flexibility index (Phi) is 3.55. The Morgan fingerprint density at radius 1 is 1.52 bits per heavy atom. The van der Waals surface area contributed by atoms with E-state index in [1.54, 1.807) is 25.3 Å². The van der Waals surface area contributed by atoms with Crippen molar-refractivity contribution in [1.82, 2.24) is 20.0 Å². The van der Waals surface area contributed by atoms with Crippen LogP contribution in [0.15, 0.2) is 33.7 Å². The number of aromatic nitrogens is 3. The third kappa shape index (κ3) is 3.18. The highest BCUT2D eigenvalue weighted by atomic mass is 16.5. The summed E-state index contributed by atoms with van der Waals surface area (Å²) in [6.45, 7) is 1.74. The molecule has 1 saturated carbocycles. The van der Waals surface area contributed by atoms with E-state index in [4.69, 9.17) is 4.52 Å². The van der Waals surface area contributed by atoms with Crippen LogP contribution in [0.25, 0.3) is 0 Å². The Bertz CT molecular complexity index is 702. The quantitative estimate of drug-likeness (QED) is 0.886. The van der Waals surface area contributed by atoms with E-state index in [0.717, 1.165) is 12.8 Å². The van der Waals surface area contributed by atoms with Gasteiger partial charge in [-0.15, -0.1) is 0 Å². The highest BCUT2D eigenvalue weighted by Crippen LogP contribution is 2.38. The number of pyridine rings is 1. The summed E-state index contributed by atoms with van der Waals surface area (Å²) in [7, 11) is 0. The van der Waals surface area contributed by atoms with Crippen molar-refractivity contribution >= 4 is 5.91 Å². The zero-order valence-corrected chi connectivity index (χ0v) is 11.7. The summed E-state index contributed by atoms with van der Waals surface area (Å²) in [5, 5.41) is 6.66. The molecule has 2 aromatic rings. The molecule has 0 aliphatic heterocycles. The molecular weight excluding hydrogens is 272 g/mol. The zero-order valence-electron chi connectivity index (χ0n) is 11.7. The number of amides is 1. The van der Waals surface area contributed by atoms with Crippen LogP contribution in [0.5, 0.6) is 0 Å². The molecule has 2 aromatic heterocycles. The molecule has 1 aliphatic carbocycles. The minimum absolute atomic E-state index is 0.0341. The fourth-order valence-corrected chi connectivity index (χ4v) is 2.03. The lowest BCUT2D eigenvalue weighted by atomic mass is 10.3. The Balaban J connectivity index is 1.61. The average Bonchev–Trinajstić information content (AvgIpc) is 3.18. The number of nitrogens with one attached hydrogen (secondary N) is 1. The van der Waals surface area contributed by atoms with Crippen molar-refractivity contribution in [3.05, 3.63) is 46.5 Å². The van der Waals surface area contributed by atoms with E-state index in [2.05, 4.69) is 15.5 Å². The summed E-state index contributed by atoms with van der Waals surface area (Å²) in [4.78, 5) is 27.8. The molecular formula is C14H16N4O3. The van der Waals surface area contributed by atoms with Crippen LogP contribution >= 0.6 is 0 Å². The van der Waals surface area contributed by atoms with Crippen LogP contribution in [0.2, 0.25) is 0 Å². The molecule has 1 unspecified atom stereocenters. The fourth-order valence-electron chi connectivity index (χ4n) is 2.03. The molecule has 1 N–H and O–H groups in total. The molecule has 0 spiro atoms. The molecule has 21 heavy (non-hydrogen) atoms. The number of hydrogen-bond donors (Lipinski definition) is 1. The lowest BCUT2D eigenvalue weighted by molar-refractivity contribution is -0.122. The predicted octanol–water partition coefficient (Wildman–Crippen LogP) is 0.986. The number of rotatable bonds is 5. The first kappa shape index (κ1) is 13.5. The first-order valence-corrected chi connectivity index (χ1v) is 6.92. The number of nitrogens with zero attached hydrogens (tertiary/aromatic N) is 3. The Morgan fingerprint density at radius 3 is 3.05 bits per heavy atom. The molecule has 7 heteroatoms. The van der Waals surface area contributed by atoms with E-state index >= 15 is 0 Å². The molecule has 1 atom stereocenters. The topological polar surface area (TPSA) is 90.0 Å². The van der Waals surface area contributed by atoms with Crippen molar-refractivity contribution in [3.63, 3.8) is 0 Å². The zero-order chi connectivity index (χ0) is 14.8. The standard InChI is InChI=1S/C14H16N4O3/c1-9(14-16-13(17-21-14)10-5-6-10)15-11(19)8-18-7-3-2-4-12(18)20/h2-4,7,9-10H,5-6,8H2,1H3,(H,15,19). The van der Waals surface area contributed by atoms with Gasteiger partial charge in [-0.3, -0.25) is 9.59 Å². The van der Waals surface area contributed by atoms with E-state index in [9.17, 15) is 9.59 Å². The van der Waals surface area contributed by atoms with Crippen LogP contribution in [0.1, 0.15) is 43.4 Å². The second kappa shape index (κ2) is 5.51. The van der Waals surface area contributed by atoms with Gasteiger partial charge in [-0.2, -0.15) is 4.98 Å². The monoisotopic (exact) mass is 288 g/mol. The van der Waals surface area contributed by atoms with Crippen molar-refractivity contribution < 1.29 is 9.32 Å². The first-order chi connectivity index (χ1) is 10.1. The number of carbonyl (C=O) groups excluding carboxylic acids is 1. The third-order valence-electron chi connectivity index (χ3n) is 3.36. The van der Waals surface area contributed by atoms with E-state index < -0.39 is 0 Å². The summed E-state index contributed by atoms with van der Waals surface area (Å²) >= 11 is 0. The molecule has 3 rings (SSSR count). The summed E-state index contributed by atoms with van der Waals surface area (Å²) in [5.74, 6) is 1.24. The van der Waals surface area contributed by atoms with E-state index in [1.807, 2.05) is 0 Å². The molecule has 2 heterocycles. The van der Waals surface area contributed by atoms with Gasteiger partial charge in [0.1, 0.15) is 12.6 Å². The predicted molar refractivity (Wildman–Crippen MR) is 73.5 cm³/mol. The maximum atomic E-state index is 11.9. The molecule has 7 nitrogen and oxygen atoms in total. The molecule has 0 bridgehead atoms. The van der Waals surface area contributed by atoms with Gasteiger partial charge in [-0.05, 0) is 25.8 Å². The summed E-state index contributed by atoms with van der Waals surface area (Å²) < 4.78 is 6.50. The highest BCUT2D eigenvalue weighted by Gasteiger charge is 2.29. The van der Waals surface area contributed by atoms with Crippen LogP contribution in [-0.2, 0) is 11.3 Å². The largest absolute Gasteiger partial charge is 0.343 e. The molecule has 0 aromatic carbocycles. The molecule has 0 radical (unpaired) electrons. The van der Waals surface area contributed by atoms with Crippen LogP contribution in [0.4, 0.5) is 0 Å². The van der Waals surface area contributed by atoms with E-state index in [-0.39, 0.29) is 24.1 Å². The molecule has 110 valence electrons. The van der Waals surface area contributed by atoms with Gasteiger partial charge in [0, 0.05) is 18.2 Å². The summed E-state index contributed by atoms with van der Waals surface area (Å²) in [5.41, 5.74) is -0.214. The maximum Gasteiger partial charge on any atom is 0.250 e. The van der Waals surface area contributed by atoms with Gasteiger partial charge in [0.15, 0.2) is 5.82 Å². The van der Waals surface area contributed by atoms with E-state index in [0.29, 0.717) is 17.6 Å². The van der Waals surface area contributed by atoms with Crippen molar-refractivity contribution in [1.29, 1.82) is 0 Å². The van der Waals surface area contributed by atoms with Gasteiger partial charge in [-0.1, -0.05) is 11.2 Å². The lowest BCUT2D eigenvalue weighted by Gasteiger charge is -2.10. The minimum Gasteiger partial charge on any atom is -0.343 e. The molecule has 0 saturated heterocycles. The second-order valence-corrected chi connectivity index (χ2v) is 5.22. The Labute approximate surface area is 121 Å². The van der Waals surface area contributed by atoms with Crippen molar-refractivity contribution in [2.24, 2.45) is 0 Å². The van der Waals surface area contributed by atoms with Crippen LogP contribution in [-0.4, -0.2) is 20.6 Å². The van der Waals surface area contributed by atoms with Crippen molar-refractivity contribution in [2.75, 3.05) is 0 Å².